The van der Waals surface area contributed by atoms with E-state index in [-0.39, 0.29) is 0 Å². The predicted octanol–water partition coefficient (Wildman–Crippen LogP) is 3.44. The monoisotopic (exact) mass is 267 g/mol. The Labute approximate surface area is 115 Å². The van der Waals surface area contributed by atoms with Crippen LogP contribution in [-0.4, -0.2) is 24.6 Å². The van der Waals surface area contributed by atoms with Gasteiger partial charge >= 0.3 is 0 Å². The van der Waals surface area contributed by atoms with Crippen LogP contribution in [0.3, 0.4) is 0 Å². The lowest BCUT2D eigenvalue weighted by Crippen LogP contribution is -2.22. The van der Waals surface area contributed by atoms with E-state index < -0.39 is 0 Å². The van der Waals surface area contributed by atoms with Gasteiger partial charge < -0.3 is 10.2 Å². The summed E-state index contributed by atoms with van der Waals surface area (Å²) in [5.41, 5.74) is 0.442. The van der Waals surface area contributed by atoms with Gasteiger partial charge in [0.05, 0.1) is 0 Å². The molecule has 1 unspecified atom stereocenters. The van der Waals surface area contributed by atoms with Gasteiger partial charge in [0.15, 0.2) is 5.13 Å². The standard InChI is InChI=1S/C14H25N3S/c1-5-7-15-11(2)12-9-16-13(18-12)17-8-6-14(3,4)10-17/h9,11,15H,5-8,10H2,1-4H3. The zero-order chi connectivity index (χ0) is 13.2. The number of nitrogens with zero attached hydrogens (tertiary/aromatic N) is 2. The summed E-state index contributed by atoms with van der Waals surface area (Å²) in [6.07, 6.45) is 4.49. The minimum atomic E-state index is 0.423. The number of rotatable bonds is 5. The van der Waals surface area contributed by atoms with Crippen molar-refractivity contribution in [1.29, 1.82) is 0 Å². The quantitative estimate of drug-likeness (QED) is 0.886. The molecular formula is C14H25N3S. The van der Waals surface area contributed by atoms with Gasteiger partial charge in [-0.2, -0.15) is 0 Å². The Hall–Kier alpha value is -0.610. The molecule has 1 saturated heterocycles. The van der Waals surface area contributed by atoms with Crippen molar-refractivity contribution in [3.8, 4) is 0 Å². The molecule has 102 valence electrons. The minimum absolute atomic E-state index is 0.423. The Morgan fingerprint density at radius 3 is 2.94 bits per heavy atom. The maximum atomic E-state index is 4.60. The zero-order valence-electron chi connectivity index (χ0n) is 12.0. The van der Waals surface area contributed by atoms with Gasteiger partial charge in [-0.3, -0.25) is 0 Å². The average Bonchev–Trinajstić information content (AvgIpc) is 2.92. The third-order valence-electron chi connectivity index (χ3n) is 3.59. The van der Waals surface area contributed by atoms with E-state index in [1.165, 1.54) is 22.9 Å². The molecule has 0 saturated carbocycles. The van der Waals surface area contributed by atoms with E-state index in [1.54, 1.807) is 0 Å². The summed E-state index contributed by atoms with van der Waals surface area (Å²) in [5, 5.41) is 4.72. The molecule has 0 amide bonds. The van der Waals surface area contributed by atoms with E-state index in [2.05, 4.69) is 42.9 Å². The van der Waals surface area contributed by atoms with E-state index in [1.807, 2.05) is 17.5 Å². The average molecular weight is 267 g/mol. The maximum Gasteiger partial charge on any atom is 0.185 e. The summed E-state index contributed by atoms with van der Waals surface area (Å²) < 4.78 is 0. The molecule has 1 aromatic heterocycles. The third-order valence-corrected chi connectivity index (χ3v) is 4.83. The van der Waals surface area contributed by atoms with Crippen molar-refractivity contribution < 1.29 is 0 Å². The second kappa shape index (κ2) is 5.57. The van der Waals surface area contributed by atoms with Crippen LogP contribution < -0.4 is 10.2 Å². The second-order valence-corrected chi connectivity index (χ2v) is 7.10. The predicted molar refractivity (Wildman–Crippen MR) is 79.4 cm³/mol. The van der Waals surface area contributed by atoms with Gasteiger partial charge in [0, 0.05) is 30.2 Å². The van der Waals surface area contributed by atoms with Gasteiger partial charge in [-0.05, 0) is 31.7 Å². The first-order valence-electron chi connectivity index (χ1n) is 6.96. The number of hydrogen-bond acceptors (Lipinski definition) is 4. The number of anilines is 1. The van der Waals surface area contributed by atoms with Crippen LogP contribution in [0.15, 0.2) is 6.20 Å². The highest BCUT2D eigenvalue weighted by atomic mass is 32.1. The summed E-state index contributed by atoms with van der Waals surface area (Å²) >= 11 is 1.84. The van der Waals surface area contributed by atoms with Gasteiger partial charge in [-0.1, -0.05) is 20.8 Å². The van der Waals surface area contributed by atoms with Crippen LogP contribution in [0.5, 0.6) is 0 Å². The lowest BCUT2D eigenvalue weighted by molar-refractivity contribution is 0.418. The molecule has 1 aliphatic rings. The van der Waals surface area contributed by atoms with E-state index in [9.17, 15) is 0 Å². The van der Waals surface area contributed by atoms with Crippen LogP contribution in [0.2, 0.25) is 0 Å². The number of aromatic nitrogens is 1. The maximum absolute atomic E-state index is 4.60. The van der Waals surface area contributed by atoms with Gasteiger partial charge in [0.2, 0.25) is 0 Å². The van der Waals surface area contributed by atoms with Crippen molar-refractivity contribution in [3.05, 3.63) is 11.1 Å². The first-order chi connectivity index (χ1) is 8.52. The van der Waals surface area contributed by atoms with E-state index in [4.69, 9.17) is 0 Å². The molecular weight excluding hydrogens is 242 g/mol. The van der Waals surface area contributed by atoms with Crippen LogP contribution in [0.4, 0.5) is 5.13 Å². The molecule has 0 bridgehead atoms. The molecule has 18 heavy (non-hydrogen) atoms. The first-order valence-corrected chi connectivity index (χ1v) is 7.77. The van der Waals surface area contributed by atoms with E-state index in [0.717, 1.165) is 19.6 Å². The fourth-order valence-corrected chi connectivity index (χ4v) is 3.33. The molecule has 0 spiro atoms. The van der Waals surface area contributed by atoms with Crippen molar-refractivity contribution in [2.75, 3.05) is 24.5 Å². The highest BCUT2D eigenvalue weighted by Crippen LogP contribution is 2.35. The largest absolute Gasteiger partial charge is 0.348 e. The van der Waals surface area contributed by atoms with Crippen LogP contribution in [-0.2, 0) is 0 Å². The second-order valence-electron chi connectivity index (χ2n) is 6.06. The molecule has 2 rings (SSSR count). The number of hydrogen-bond donors (Lipinski definition) is 1. The SMILES string of the molecule is CCCNC(C)c1cnc(N2CCC(C)(C)C2)s1. The molecule has 0 radical (unpaired) electrons. The summed E-state index contributed by atoms with van der Waals surface area (Å²) in [7, 11) is 0. The lowest BCUT2D eigenvalue weighted by Gasteiger charge is -2.18. The summed E-state index contributed by atoms with van der Waals surface area (Å²) in [4.78, 5) is 8.38. The summed E-state index contributed by atoms with van der Waals surface area (Å²) in [6.45, 7) is 12.5. The molecule has 0 aromatic carbocycles. The van der Waals surface area contributed by atoms with Crippen LogP contribution in [0, 0.1) is 5.41 Å². The minimum Gasteiger partial charge on any atom is -0.348 e. The van der Waals surface area contributed by atoms with E-state index >= 15 is 0 Å². The molecule has 1 aromatic rings. The molecule has 1 N–H and O–H groups in total. The lowest BCUT2D eigenvalue weighted by atomic mass is 9.93. The Bertz CT molecular complexity index is 386. The van der Waals surface area contributed by atoms with Gasteiger partial charge in [-0.15, -0.1) is 11.3 Å². The van der Waals surface area contributed by atoms with Crippen LogP contribution in [0.25, 0.3) is 0 Å². The van der Waals surface area contributed by atoms with Crippen molar-refractivity contribution in [3.63, 3.8) is 0 Å². The molecule has 1 atom stereocenters. The normalized spacial score (nSPS) is 20.3. The van der Waals surface area contributed by atoms with Crippen molar-refractivity contribution in [2.24, 2.45) is 5.41 Å². The Morgan fingerprint density at radius 1 is 1.56 bits per heavy atom. The Morgan fingerprint density at radius 2 is 2.33 bits per heavy atom. The molecule has 2 heterocycles. The Kier molecular flexibility index (Phi) is 4.28. The summed E-state index contributed by atoms with van der Waals surface area (Å²) in [5.74, 6) is 0. The van der Waals surface area contributed by atoms with Gasteiger partial charge in [0.1, 0.15) is 0 Å². The highest BCUT2D eigenvalue weighted by Gasteiger charge is 2.30. The number of thiazole rings is 1. The molecule has 4 heteroatoms. The number of nitrogens with one attached hydrogen (secondary N) is 1. The fraction of sp³-hybridized carbons (Fsp3) is 0.786. The smallest absolute Gasteiger partial charge is 0.185 e. The molecule has 0 aliphatic carbocycles. The zero-order valence-corrected chi connectivity index (χ0v) is 12.8. The van der Waals surface area contributed by atoms with Gasteiger partial charge in [0.25, 0.3) is 0 Å². The topological polar surface area (TPSA) is 28.2 Å². The molecule has 1 fully saturated rings. The van der Waals surface area contributed by atoms with Crippen molar-refractivity contribution in [2.45, 2.75) is 46.6 Å². The third kappa shape index (κ3) is 3.23. The first kappa shape index (κ1) is 13.8. The van der Waals surface area contributed by atoms with E-state index in [0.29, 0.717) is 11.5 Å². The summed E-state index contributed by atoms with van der Waals surface area (Å²) in [6, 6.07) is 0.423. The Balaban J connectivity index is 1.98. The van der Waals surface area contributed by atoms with Gasteiger partial charge in [-0.25, -0.2) is 4.98 Å². The van der Waals surface area contributed by atoms with Crippen LogP contribution >= 0.6 is 11.3 Å². The van der Waals surface area contributed by atoms with Crippen molar-refractivity contribution >= 4 is 16.5 Å². The van der Waals surface area contributed by atoms with Crippen molar-refractivity contribution in [1.82, 2.24) is 10.3 Å². The highest BCUT2D eigenvalue weighted by molar-refractivity contribution is 7.15. The fourth-order valence-electron chi connectivity index (χ4n) is 2.36. The van der Waals surface area contributed by atoms with Crippen LogP contribution in [0.1, 0.15) is 51.5 Å². The molecule has 1 aliphatic heterocycles. The molecule has 3 nitrogen and oxygen atoms in total.